The van der Waals surface area contributed by atoms with Gasteiger partial charge in [-0.05, 0) is 42.2 Å². The third-order valence-corrected chi connectivity index (χ3v) is 4.94. The molecule has 0 amide bonds. The highest BCUT2D eigenvalue weighted by atomic mass is 16.5. The quantitative estimate of drug-likeness (QED) is 0.716. The highest BCUT2D eigenvalue weighted by Gasteiger charge is 2.43. The summed E-state index contributed by atoms with van der Waals surface area (Å²) in [5, 5.41) is 8.06. The van der Waals surface area contributed by atoms with Gasteiger partial charge in [-0.25, -0.2) is 0 Å². The summed E-state index contributed by atoms with van der Waals surface area (Å²) in [7, 11) is 1.72. The molecule has 2 aromatic carbocycles. The molecule has 3 aromatic rings. The van der Waals surface area contributed by atoms with E-state index in [9.17, 15) is 0 Å². The van der Waals surface area contributed by atoms with Crippen LogP contribution in [-0.4, -0.2) is 16.9 Å². The number of aromatic nitrogens is 2. The Kier molecular flexibility index (Phi) is 4.28. The minimum Gasteiger partial charge on any atom is -0.496 e. The molecule has 0 saturated heterocycles. The molecule has 1 fully saturated rings. The van der Waals surface area contributed by atoms with Crippen LogP contribution in [0.2, 0.25) is 0 Å². The lowest BCUT2D eigenvalue weighted by Crippen LogP contribution is -2.28. The molecule has 0 aliphatic heterocycles. The normalized spacial score (nSPS) is 15.1. The maximum absolute atomic E-state index is 5.51. The predicted molar refractivity (Wildman–Crippen MR) is 98.5 cm³/mol. The van der Waals surface area contributed by atoms with Crippen molar-refractivity contribution in [2.24, 2.45) is 0 Å². The van der Waals surface area contributed by atoms with Gasteiger partial charge in [-0.1, -0.05) is 36.4 Å². The SMILES string of the molecule is COc1ccc(CNC2(c3ccccc3)CC2)cc1Cn1cccn1. The lowest BCUT2D eigenvalue weighted by Gasteiger charge is -2.19. The molecule has 0 spiro atoms. The van der Waals surface area contributed by atoms with E-state index in [-0.39, 0.29) is 5.54 Å². The molecular formula is C21H23N3O. The van der Waals surface area contributed by atoms with Gasteiger partial charge < -0.3 is 10.1 Å². The summed E-state index contributed by atoms with van der Waals surface area (Å²) in [4.78, 5) is 0. The van der Waals surface area contributed by atoms with Gasteiger partial charge in [0.1, 0.15) is 5.75 Å². The average molecular weight is 333 g/mol. The van der Waals surface area contributed by atoms with Crippen LogP contribution in [0, 0.1) is 0 Å². The molecule has 1 heterocycles. The summed E-state index contributed by atoms with van der Waals surface area (Å²) in [6, 6.07) is 19.1. The Balaban J connectivity index is 1.49. The monoisotopic (exact) mass is 333 g/mol. The highest BCUT2D eigenvalue weighted by Crippen LogP contribution is 2.45. The van der Waals surface area contributed by atoms with E-state index in [1.54, 1.807) is 13.3 Å². The summed E-state index contributed by atoms with van der Waals surface area (Å²) in [5.74, 6) is 0.906. The molecule has 1 aromatic heterocycles. The Morgan fingerprint density at radius 2 is 1.96 bits per heavy atom. The van der Waals surface area contributed by atoms with Crippen molar-refractivity contribution < 1.29 is 4.74 Å². The maximum Gasteiger partial charge on any atom is 0.123 e. The van der Waals surface area contributed by atoms with Gasteiger partial charge in [-0.15, -0.1) is 0 Å². The molecule has 0 unspecified atom stereocenters. The summed E-state index contributed by atoms with van der Waals surface area (Å²) < 4.78 is 7.43. The minimum atomic E-state index is 0.156. The zero-order valence-corrected chi connectivity index (χ0v) is 14.5. The van der Waals surface area contributed by atoms with E-state index in [2.05, 4.69) is 58.9 Å². The van der Waals surface area contributed by atoms with E-state index in [1.807, 2.05) is 16.9 Å². The highest BCUT2D eigenvalue weighted by molar-refractivity contribution is 5.38. The van der Waals surface area contributed by atoms with Crippen LogP contribution in [0.4, 0.5) is 0 Å². The van der Waals surface area contributed by atoms with Gasteiger partial charge in [0.2, 0.25) is 0 Å². The number of hydrogen-bond donors (Lipinski definition) is 1. The topological polar surface area (TPSA) is 39.1 Å². The molecule has 4 rings (SSSR count). The second kappa shape index (κ2) is 6.73. The van der Waals surface area contributed by atoms with Gasteiger partial charge in [0, 0.05) is 30.0 Å². The Labute approximate surface area is 148 Å². The minimum absolute atomic E-state index is 0.156. The van der Waals surface area contributed by atoms with Crippen molar-refractivity contribution in [1.29, 1.82) is 0 Å². The Hall–Kier alpha value is -2.59. The molecule has 4 heteroatoms. The van der Waals surface area contributed by atoms with E-state index >= 15 is 0 Å². The second-order valence-electron chi connectivity index (χ2n) is 6.65. The van der Waals surface area contributed by atoms with Crippen molar-refractivity contribution in [1.82, 2.24) is 15.1 Å². The van der Waals surface area contributed by atoms with E-state index in [1.165, 1.54) is 24.0 Å². The van der Waals surface area contributed by atoms with Crippen molar-refractivity contribution in [2.75, 3.05) is 7.11 Å². The first-order valence-corrected chi connectivity index (χ1v) is 8.73. The summed E-state index contributed by atoms with van der Waals surface area (Å²) in [5.41, 5.74) is 3.96. The number of methoxy groups -OCH3 is 1. The lowest BCUT2D eigenvalue weighted by atomic mass is 10.0. The summed E-state index contributed by atoms with van der Waals surface area (Å²) in [6.07, 6.45) is 6.17. The summed E-state index contributed by atoms with van der Waals surface area (Å²) >= 11 is 0. The van der Waals surface area contributed by atoms with Gasteiger partial charge in [-0.3, -0.25) is 4.68 Å². The van der Waals surface area contributed by atoms with Gasteiger partial charge in [0.15, 0.2) is 0 Å². The second-order valence-corrected chi connectivity index (χ2v) is 6.65. The van der Waals surface area contributed by atoms with Crippen LogP contribution in [0.5, 0.6) is 5.75 Å². The Morgan fingerprint density at radius 1 is 1.12 bits per heavy atom. The third kappa shape index (κ3) is 3.44. The van der Waals surface area contributed by atoms with Crippen LogP contribution < -0.4 is 10.1 Å². The van der Waals surface area contributed by atoms with Crippen molar-refractivity contribution in [3.05, 3.63) is 83.7 Å². The largest absolute Gasteiger partial charge is 0.496 e. The number of benzene rings is 2. The molecule has 128 valence electrons. The fraction of sp³-hybridized carbons (Fsp3) is 0.286. The van der Waals surface area contributed by atoms with E-state index < -0.39 is 0 Å². The molecule has 25 heavy (non-hydrogen) atoms. The van der Waals surface area contributed by atoms with Crippen LogP contribution in [-0.2, 0) is 18.6 Å². The molecule has 4 nitrogen and oxygen atoms in total. The molecule has 0 radical (unpaired) electrons. The number of nitrogens with zero attached hydrogens (tertiary/aromatic N) is 2. The third-order valence-electron chi connectivity index (χ3n) is 4.94. The molecule has 0 atom stereocenters. The van der Waals surface area contributed by atoms with Crippen molar-refractivity contribution in [3.63, 3.8) is 0 Å². The van der Waals surface area contributed by atoms with Crippen LogP contribution in [0.25, 0.3) is 0 Å². The van der Waals surface area contributed by atoms with E-state index in [0.717, 1.165) is 17.9 Å². The number of rotatable bonds is 7. The number of nitrogens with one attached hydrogen (secondary N) is 1. The van der Waals surface area contributed by atoms with Crippen molar-refractivity contribution in [2.45, 2.75) is 31.5 Å². The smallest absolute Gasteiger partial charge is 0.123 e. The first-order valence-electron chi connectivity index (χ1n) is 8.73. The number of ether oxygens (including phenoxy) is 1. The van der Waals surface area contributed by atoms with Gasteiger partial charge in [0.25, 0.3) is 0 Å². The maximum atomic E-state index is 5.51. The van der Waals surface area contributed by atoms with E-state index in [4.69, 9.17) is 4.74 Å². The zero-order chi connectivity index (χ0) is 17.1. The zero-order valence-electron chi connectivity index (χ0n) is 14.5. The molecule has 1 N–H and O–H groups in total. The van der Waals surface area contributed by atoms with Crippen molar-refractivity contribution >= 4 is 0 Å². The Morgan fingerprint density at radius 3 is 2.64 bits per heavy atom. The fourth-order valence-electron chi connectivity index (χ4n) is 3.35. The molecule has 1 saturated carbocycles. The van der Waals surface area contributed by atoms with Gasteiger partial charge >= 0.3 is 0 Å². The lowest BCUT2D eigenvalue weighted by molar-refractivity contribution is 0.407. The molecule has 0 bridgehead atoms. The first-order chi connectivity index (χ1) is 12.3. The average Bonchev–Trinajstić information content (AvgIpc) is 3.29. The summed E-state index contributed by atoms with van der Waals surface area (Å²) in [6.45, 7) is 1.57. The standard InChI is InChI=1S/C21H23N3O/c1-25-20-9-8-17(14-18(20)16-24-13-5-12-23-24)15-22-21(10-11-21)19-6-3-2-4-7-19/h2-9,12-14,22H,10-11,15-16H2,1H3. The Bertz CT molecular complexity index is 824. The van der Waals surface area contributed by atoms with Crippen LogP contribution in [0.3, 0.4) is 0 Å². The van der Waals surface area contributed by atoms with Crippen LogP contribution >= 0.6 is 0 Å². The molecule has 1 aliphatic rings. The van der Waals surface area contributed by atoms with Crippen LogP contribution in [0.15, 0.2) is 67.0 Å². The van der Waals surface area contributed by atoms with Gasteiger partial charge in [0.05, 0.1) is 13.7 Å². The van der Waals surface area contributed by atoms with Crippen LogP contribution in [0.1, 0.15) is 29.5 Å². The fourth-order valence-corrected chi connectivity index (χ4v) is 3.35. The predicted octanol–water partition coefficient (Wildman–Crippen LogP) is 3.72. The molecular weight excluding hydrogens is 310 g/mol. The number of hydrogen-bond acceptors (Lipinski definition) is 3. The van der Waals surface area contributed by atoms with E-state index in [0.29, 0.717) is 6.54 Å². The first kappa shape index (κ1) is 15.9. The van der Waals surface area contributed by atoms with Crippen molar-refractivity contribution in [3.8, 4) is 5.75 Å². The van der Waals surface area contributed by atoms with Gasteiger partial charge in [-0.2, -0.15) is 5.10 Å². The molecule has 1 aliphatic carbocycles.